The number of aliphatic hydroxyl groups is 1. The molecule has 2 atom stereocenters. The molecule has 5 aliphatic carbocycles. The summed E-state index contributed by atoms with van der Waals surface area (Å²) in [6, 6.07) is 5.69. The summed E-state index contributed by atoms with van der Waals surface area (Å²) in [4.78, 5) is 23.3. The highest BCUT2D eigenvalue weighted by atomic mass is 17.3. The molecule has 6 fully saturated rings. The lowest BCUT2D eigenvalue weighted by Crippen LogP contribution is -2.64. The zero-order valence-corrected chi connectivity index (χ0v) is 18.6. The maximum atomic E-state index is 11.3. The fraction of sp³-hybridized carbons (Fsp3) is 0.720. The number of benzene rings is 1. The van der Waals surface area contributed by atoms with Crippen LogP contribution in [0.1, 0.15) is 81.8 Å². The van der Waals surface area contributed by atoms with Crippen molar-refractivity contribution in [2.45, 2.75) is 94.3 Å². The van der Waals surface area contributed by atoms with E-state index in [1.54, 1.807) is 6.07 Å². The molecular formula is C25H33NO6. The fourth-order valence-electron chi connectivity index (χ4n) is 7.45. The van der Waals surface area contributed by atoms with Crippen LogP contribution < -0.4 is 5.32 Å². The molecule has 1 heterocycles. The molecular weight excluding hydrogens is 410 g/mol. The van der Waals surface area contributed by atoms with Crippen molar-refractivity contribution in [1.82, 2.24) is 5.32 Å². The van der Waals surface area contributed by atoms with Crippen molar-refractivity contribution in [3.8, 4) is 5.75 Å². The molecule has 3 N–H and O–H groups in total. The molecule has 7 rings (SSSR count). The van der Waals surface area contributed by atoms with Crippen molar-refractivity contribution >= 4 is 5.91 Å². The Morgan fingerprint density at radius 2 is 1.84 bits per heavy atom. The lowest BCUT2D eigenvalue weighted by molar-refractivity contribution is -0.397. The normalized spacial score (nSPS) is 44.4. The number of phenols is 1. The lowest BCUT2D eigenvalue weighted by Gasteiger charge is -2.60. The van der Waals surface area contributed by atoms with Crippen LogP contribution >= 0.6 is 0 Å². The topological polar surface area (TPSA) is 97.3 Å². The molecule has 6 aliphatic rings. The third-order valence-corrected chi connectivity index (χ3v) is 8.81. The van der Waals surface area contributed by atoms with Crippen LogP contribution in [0.2, 0.25) is 0 Å². The van der Waals surface area contributed by atoms with E-state index in [2.05, 4.69) is 5.32 Å². The van der Waals surface area contributed by atoms with Crippen LogP contribution in [0.5, 0.6) is 5.75 Å². The first-order chi connectivity index (χ1) is 15.3. The van der Waals surface area contributed by atoms with E-state index < -0.39 is 17.2 Å². The van der Waals surface area contributed by atoms with Gasteiger partial charge >= 0.3 is 0 Å². The fourth-order valence-corrected chi connectivity index (χ4v) is 7.45. The molecule has 1 amide bonds. The Hall–Kier alpha value is -1.67. The van der Waals surface area contributed by atoms with Gasteiger partial charge in [0, 0.05) is 43.7 Å². The van der Waals surface area contributed by atoms with Gasteiger partial charge < -0.3 is 20.3 Å². The maximum absolute atomic E-state index is 11.3. The van der Waals surface area contributed by atoms with Crippen LogP contribution in [0.15, 0.2) is 18.2 Å². The molecule has 1 aromatic carbocycles. The molecule has 1 aromatic rings. The van der Waals surface area contributed by atoms with Gasteiger partial charge in [0.25, 0.3) is 0 Å². The van der Waals surface area contributed by atoms with Gasteiger partial charge in [-0.3, -0.25) is 4.79 Å². The van der Waals surface area contributed by atoms with Gasteiger partial charge in [-0.15, -0.1) is 0 Å². The SMILES string of the molecule is CC(=O)NCc1cc(C2CCC3(CC2)OOC2(O3)C3CC4CC2CC(O)(C4)C3)ccc1O. The van der Waals surface area contributed by atoms with E-state index in [4.69, 9.17) is 14.5 Å². The minimum atomic E-state index is -0.690. The number of carbonyl (C=O) groups is 1. The van der Waals surface area contributed by atoms with E-state index in [1.165, 1.54) is 12.5 Å². The predicted octanol–water partition coefficient (Wildman–Crippen LogP) is 3.63. The number of nitrogens with one attached hydrogen (secondary N) is 1. The van der Waals surface area contributed by atoms with E-state index in [0.29, 0.717) is 18.4 Å². The molecule has 174 valence electrons. The van der Waals surface area contributed by atoms with Crippen molar-refractivity contribution < 1.29 is 29.5 Å². The minimum Gasteiger partial charge on any atom is -0.508 e. The van der Waals surface area contributed by atoms with Crippen LogP contribution in [0.4, 0.5) is 0 Å². The van der Waals surface area contributed by atoms with Gasteiger partial charge in [0.1, 0.15) is 5.75 Å². The molecule has 7 heteroatoms. The number of aromatic hydroxyl groups is 1. The molecule has 2 unspecified atom stereocenters. The van der Waals surface area contributed by atoms with Crippen molar-refractivity contribution in [2.75, 3.05) is 0 Å². The molecule has 1 aliphatic heterocycles. The van der Waals surface area contributed by atoms with E-state index in [9.17, 15) is 15.0 Å². The number of phenolic OH excluding ortho intramolecular Hbond substituents is 1. The van der Waals surface area contributed by atoms with Crippen molar-refractivity contribution in [1.29, 1.82) is 0 Å². The van der Waals surface area contributed by atoms with Crippen LogP contribution in [0, 0.1) is 17.8 Å². The zero-order chi connectivity index (χ0) is 22.1. The zero-order valence-electron chi connectivity index (χ0n) is 18.6. The average molecular weight is 444 g/mol. The summed E-state index contributed by atoms with van der Waals surface area (Å²) in [7, 11) is 0. The summed E-state index contributed by atoms with van der Waals surface area (Å²) < 4.78 is 6.75. The van der Waals surface area contributed by atoms with E-state index in [1.807, 2.05) is 12.1 Å². The molecule has 2 spiro atoms. The summed E-state index contributed by atoms with van der Waals surface area (Å²) in [5.41, 5.74) is 1.37. The van der Waals surface area contributed by atoms with Gasteiger partial charge in [-0.1, -0.05) is 12.1 Å². The van der Waals surface area contributed by atoms with Crippen LogP contribution in [0.3, 0.4) is 0 Å². The number of rotatable bonds is 3. The quantitative estimate of drug-likeness (QED) is 0.618. The average Bonchev–Trinajstić information content (AvgIpc) is 3.11. The Balaban J connectivity index is 1.14. The maximum Gasteiger partial charge on any atom is 0.217 e. The highest BCUT2D eigenvalue weighted by Crippen LogP contribution is 2.65. The van der Waals surface area contributed by atoms with E-state index in [0.717, 1.165) is 63.4 Å². The molecule has 4 bridgehead atoms. The second kappa shape index (κ2) is 7.16. The molecule has 7 nitrogen and oxygen atoms in total. The van der Waals surface area contributed by atoms with Gasteiger partial charge in [-0.05, 0) is 68.4 Å². The minimum absolute atomic E-state index is 0.115. The van der Waals surface area contributed by atoms with Crippen LogP contribution in [0.25, 0.3) is 0 Å². The van der Waals surface area contributed by atoms with Crippen molar-refractivity contribution in [3.63, 3.8) is 0 Å². The number of ether oxygens (including phenoxy) is 1. The number of hydrogen-bond donors (Lipinski definition) is 3. The van der Waals surface area contributed by atoms with Crippen molar-refractivity contribution in [2.24, 2.45) is 17.8 Å². The standard InChI is InChI=1S/C25H33NO6/c1-15(27)26-14-19-10-18(2-3-22(19)28)17-4-6-24(7-5-17)30-25(32-31-24)20-8-16-9-21(25)13-23(29,11-16)12-20/h2-3,10,16-17,20-21,28-29H,4-9,11-14H2,1H3,(H,26,27). The molecule has 5 saturated carbocycles. The highest BCUT2D eigenvalue weighted by molar-refractivity contribution is 5.72. The Labute approximate surface area is 188 Å². The predicted molar refractivity (Wildman–Crippen MR) is 114 cm³/mol. The summed E-state index contributed by atoms with van der Waals surface area (Å²) in [5.74, 6) is 0.0781. The first-order valence-corrected chi connectivity index (χ1v) is 12.1. The smallest absolute Gasteiger partial charge is 0.217 e. The second-order valence-corrected chi connectivity index (χ2v) is 11.0. The van der Waals surface area contributed by atoms with Gasteiger partial charge in [-0.25, -0.2) is 0 Å². The first-order valence-electron chi connectivity index (χ1n) is 12.1. The monoisotopic (exact) mass is 443 g/mol. The second-order valence-electron chi connectivity index (χ2n) is 11.0. The van der Waals surface area contributed by atoms with E-state index >= 15 is 0 Å². The largest absolute Gasteiger partial charge is 0.508 e. The number of hydrogen-bond acceptors (Lipinski definition) is 6. The summed E-state index contributed by atoms with van der Waals surface area (Å²) in [5, 5.41) is 23.8. The Morgan fingerprint density at radius 1 is 1.12 bits per heavy atom. The lowest BCUT2D eigenvalue weighted by atomic mass is 9.51. The Kier molecular flexibility index (Phi) is 4.68. The van der Waals surface area contributed by atoms with Gasteiger partial charge in [0.15, 0.2) is 0 Å². The van der Waals surface area contributed by atoms with E-state index in [-0.39, 0.29) is 23.5 Å². The molecule has 0 aromatic heterocycles. The number of carbonyl (C=O) groups excluding carboxylic acids is 1. The molecule has 1 saturated heterocycles. The molecule has 0 radical (unpaired) electrons. The van der Waals surface area contributed by atoms with Gasteiger partial charge in [-0.2, -0.15) is 9.78 Å². The Bertz CT molecular complexity index is 907. The third kappa shape index (κ3) is 3.28. The third-order valence-electron chi connectivity index (χ3n) is 8.81. The van der Waals surface area contributed by atoms with Crippen LogP contribution in [-0.4, -0.2) is 33.3 Å². The van der Waals surface area contributed by atoms with Crippen molar-refractivity contribution in [3.05, 3.63) is 29.3 Å². The van der Waals surface area contributed by atoms with Gasteiger partial charge in [0.2, 0.25) is 17.5 Å². The summed E-state index contributed by atoms with van der Waals surface area (Å²) >= 11 is 0. The molecule has 32 heavy (non-hydrogen) atoms. The highest BCUT2D eigenvalue weighted by Gasteiger charge is 2.69. The number of amides is 1. The van der Waals surface area contributed by atoms with Crippen LogP contribution in [-0.2, 0) is 25.9 Å². The summed E-state index contributed by atoms with van der Waals surface area (Å²) in [6.07, 6.45) is 7.90. The summed E-state index contributed by atoms with van der Waals surface area (Å²) in [6.45, 7) is 1.80. The first kappa shape index (κ1) is 20.9. The van der Waals surface area contributed by atoms with Gasteiger partial charge in [0.05, 0.1) is 5.60 Å². The Morgan fingerprint density at radius 3 is 2.50 bits per heavy atom.